The molecule has 0 saturated heterocycles. The number of anilines is 2. The molecular weight excluding hydrogens is 502 g/mol. The summed E-state index contributed by atoms with van der Waals surface area (Å²) in [5.41, 5.74) is 6.16. The molecule has 0 amide bonds. The van der Waals surface area contributed by atoms with Crippen LogP contribution in [0.1, 0.15) is 22.3 Å². The highest BCUT2D eigenvalue weighted by molar-refractivity contribution is 9.10. The number of rotatable bonds is 6. The van der Waals surface area contributed by atoms with Crippen molar-refractivity contribution >= 4 is 38.6 Å². The third-order valence-electron chi connectivity index (χ3n) is 5.67. The van der Waals surface area contributed by atoms with Gasteiger partial charge in [0.1, 0.15) is 11.3 Å². The molecule has 0 fully saturated rings. The Kier molecular flexibility index (Phi) is 6.21. The number of aromatic nitrogens is 3. The highest BCUT2D eigenvalue weighted by atomic mass is 79.9. The van der Waals surface area contributed by atoms with E-state index in [1.165, 1.54) is 5.56 Å². The van der Waals surface area contributed by atoms with Gasteiger partial charge in [0.25, 0.3) is 0 Å². The van der Waals surface area contributed by atoms with Crippen LogP contribution in [0.25, 0.3) is 11.0 Å². The molecule has 0 atom stereocenters. The average Bonchev–Trinajstić information content (AvgIpc) is 3.25. The quantitative estimate of drug-likeness (QED) is 0.253. The highest BCUT2D eigenvalue weighted by Gasteiger charge is 2.17. The van der Waals surface area contributed by atoms with E-state index in [1.54, 1.807) is 12.1 Å². The molecular formula is C28H22BrN5O. The summed E-state index contributed by atoms with van der Waals surface area (Å²) in [4.78, 5) is 9.51. The van der Waals surface area contributed by atoms with Crippen molar-refractivity contribution in [2.24, 2.45) is 0 Å². The number of fused-ring (bicyclic) bond motifs is 1. The normalized spacial score (nSPS) is 10.8. The first-order valence-electron chi connectivity index (χ1n) is 11.1. The highest BCUT2D eigenvalue weighted by Crippen LogP contribution is 2.35. The molecule has 0 radical (unpaired) electrons. The fraction of sp³-hybridized carbons (Fsp3) is 0.107. The van der Waals surface area contributed by atoms with Gasteiger partial charge in [-0.15, -0.1) is 0 Å². The van der Waals surface area contributed by atoms with Crippen LogP contribution in [0.2, 0.25) is 0 Å². The van der Waals surface area contributed by atoms with Gasteiger partial charge in [-0.05, 0) is 73.0 Å². The van der Waals surface area contributed by atoms with E-state index in [2.05, 4.69) is 44.0 Å². The van der Waals surface area contributed by atoms with Crippen LogP contribution >= 0.6 is 15.9 Å². The van der Waals surface area contributed by atoms with Gasteiger partial charge in [-0.2, -0.15) is 10.2 Å². The summed E-state index contributed by atoms with van der Waals surface area (Å²) in [7, 11) is 0. The van der Waals surface area contributed by atoms with Crippen molar-refractivity contribution in [3.8, 4) is 17.7 Å². The first-order valence-corrected chi connectivity index (χ1v) is 11.9. The zero-order valence-electron chi connectivity index (χ0n) is 19.3. The van der Waals surface area contributed by atoms with Crippen molar-refractivity contribution in [3.63, 3.8) is 0 Å². The predicted molar refractivity (Wildman–Crippen MR) is 141 cm³/mol. The Balaban J connectivity index is 1.60. The van der Waals surface area contributed by atoms with Crippen molar-refractivity contribution in [2.75, 3.05) is 5.32 Å². The lowest BCUT2D eigenvalue weighted by Gasteiger charge is -2.15. The molecule has 2 heterocycles. The Morgan fingerprint density at radius 2 is 1.69 bits per heavy atom. The van der Waals surface area contributed by atoms with E-state index in [1.807, 2.05) is 68.6 Å². The third kappa shape index (κ3) is 4.88. The molecule has 1 N–H and O–H groups in total. The first kappa shape index (κ1) is 22.6. The van der Waals surface area contributed by atoms with Gasteiger partial charge in [-0.3, -0.25) is 0 Å². The van der Waals surface area contributed by atoms with Crippen molar-refractivity contribution < 1.29 is 4.74 Å². The Morgan fingerprint density at radius 3 is 2.37 bits per heavy atom. The average molecular weight is 524 g/mol. The second-order valence-electron chi connectivity index (χ2n) is 8.30. The number of nitrogens with one attached hydrogen (secondary N) is 1. The summed E-state index contributed by atoms with van der Waals surface area (Å²) >= 11 is 3.56. The van der Waals surface area contributed by atoms with E-state index in [9.17, 15) is 0 Å². The summed E-state index contributed by atoms with van der Waals surface area (Å²) in [6.07, 6.45) is 2.01. The summed E-state index contributed by atoms with van der Waals surface area (Å²) in [5.74, 6) is 1.66. The number of nitrogens with zero attached hydrogens (tertiary/aromatic N) is 4. The molecule has 0 aliphatic heterocycles. The standard InChI is InChI=1S/C28H22BrN5O/c1-18-14-22(29)15-19(2)26(18)35-27-25-24(12-13-34(25)17-21-6-4-3-5-7-21)32-28(33-27)31-23-10-8-20(16-30)9-11-23/h3-15H,17H2,1-2H3,(H,31,32,33). The Hall–Kier alpha value is -4.15. The van der Waals surface area contributed by atoms with Gasteiger partial charge in [0.15, 0.2) is 0 Å². The molecule has 0 saturated carbocycles. The van der Waals surface area contributed by atoms with Gasteiger partial charge in [0.2, 0.25) is 11.8 Å². The predicted octanol–water partition coefficient (Wildman–Crippen LogP) is 7.27. The molecule has 172 valence electrons. The van der Waals surface area contributed by atoms with E-state index in [4.69, 9.17) is 20.0 Å². The smallest absolute Gasteiger partial charge is 0.249 e. The largest absolute Gasteiger partial charge is 0.436 e. The van der Waals surface area contributed by atoms with Crippen LogP contribution in [0.15, 0.2) is 83.5 Å². The lowest BCUT2D eigenvalue weighted by atomic mass is 10.1. The van der Waals surface area contributed by atoms with E-state index in [0.29, 0.717) is 23.9 Å². The van der Waals surface area contributed by atoms with Crippen molar-refractivity contribution in [3.05, 3.63) is 106 Å². The summed E-state index contributed by atoms with van der Waals surface area (Å²) in [6.45, 7) is 4.71. The molecule has 2 aromatic heterocycles. The Bertz CT molecular complexity index is 1530. The van der Waals surface area contributed by atoms with E-state index in [0.717, 1.165) is 38.1 Å². The van der Waals surface area contributed by atoms with Gasteiger partial charge < -0.3 is 14.6 Å². The molecule has 35 heavy (non-hydrogen) atoms. The number of halogens is 1. The fourth-order valence-corrected chi connectivity index (χ4v) is 4.71. The lowest BCUT2D eigenvalue weighted by molar-refractivity contribution is 0.459. The SMILES string of the molecule is Cc1cc(Br)cc(C)c1Oc1nc(Nc2ccc(C#N)cc2)nc2ccn(Cc3ccccc3)c12. The monoisotopic (exact) mass is 523 g/mol. The summed E-state index contributed by atoms with van der Waals surface area (Å²) in [6, 6.07) is 25.6. The van der Waals surface area contributed by atoms with Gasteiger partial charge >= 0.3 is 0 Å². The van der Waals surface area contributed by atoms with Crippen molar-refractivity contribution in [1.29, 1.82) is 5.26 Å². The lowest BCUT2D eigenvalue weighted by Crippen LogP contribution is -2.04. The number of benzene rings is 3. The number of nitriles is 1. The topological polar surface area (TPSA) is 75.8 Å². The van der Waals surface area contributed by atoms with Crippen LogP contribution in [0.3, 0.4) is 0 Å². The number of hydrogen-bond donors (Lipinski definition) is 1. The van der Waals surface area contributed by atoms with E-state index >= 15 is 0 Å². The molecule has 5 aromatic rings. The maximum Gasteiger partial charge on any atom is 0.249 e. The van der Waals surface area contributed by atoms with Crippen molar-refractivity contribution in [1.82, 2.24) is 14.5 Å². The fourth-order valence-electron chi connectivity index (χ4n) is 4.02. The number of hydrogen-bond acceptors (Lipinski definition) is 5. The molecule has 7 heteroatoms. The number of aryl methyl sites for hydroxylation is 2. The maximum atomic E-state index is 9.07. The van der Waals surface area contributed by atoms with Crippen LogP contribution < -0.4 is 10.1 Å². The second-order valence-corrected chi connectivity index (χ2v) is 9.22. The molecule has 6 nitrogen and oxygen atoms in total. The van der Waals surface area contributed by atoms with E-state index in [-0.39, 0.29) is 0 Å². The zero-order chi connectivity index (χ0) is 24.4. The molecule has 3 aromatic carbocycles. The third-order valence-corrected chi connectivity index (χ3v) is 6.13. The molecule has 5 rings (SSSR count). The minimum absolute atomic E-state index is 0.419. The van der Waals surface area contributed by atoms with Crippen LogP contribution in [0, 0.1) is 25.2 Å². The maximum absolute atomic E-state index is 9.07. The van der Waals surface area contributed by atoms with Crippen molar-refractivity contribution in [2.45, 2.75) is 20.4 Å². The summed E-state index contributed by atoms with van der Waals surface area (Å²) < 4.78 is 9.59. The second kappa shape index (κ2) is 9.61. The van der Waals surface area contributed by atoms with Gasteiger partial charge in [-0.25, -0.2) is 4.98 Å². The van der Waals surface area contributed by atoms with Gasteiger partial charge in [0, 0.05) is 22.9 Å². The van der Waals surface area contributed by atoms with Gasteiger partial charge in [0.05, 0.1) is 17.1 Å². The molecule has 0 unspecified atom stereocenters. The van der Waals surface area contributed by atoms with E-state index < -0.39 is 0 Å². The number of ether oxygens (including phenoxy) is 1. The zero-order valence-corrected chi connectivity index (χ0v) is 20.9. The van der Waals surface area contributed by atoms with Crippen LogP contribution in [-0.2, 0) is 6.54 Å². The minimum Gasteiger partial charge on any atom is -0.436 e. The molecule has 0 aliphatic rings. The Labute approximate surface area is 212 Å². The Morgan fingerprint density at radius 1 is 0.971 bits per heavy atom. The summed E-state index contributed by atoms with van der Waals surface area (Å²) in [5, 5.41) is 12.3. The van der Waals surface area contributed by atoms with Crippen LogP contribution in [-0.4, -0.2) is 14.5 Å². The van der Waals surface area contributed by atoms with Crippen LogP contribution in [0.4, 0.5) is 11.6 Å². The van der Waals surface area contributed by atoms with Crippen LogP contribution in [0.5, 0.6) is 11.6 Å². The van der Waals surface area contributed by atoms with Gasteiger partial charge in [-0.1, -0.05) is 46.3 Å². The minimum atomic E-state index is 0.419. The molecule has 0 bridgehead atoms. The molecule has 0 spiro atoms. The first-order chi connectivity index (χ1) is 17.0. The molecule has 0 aliphatic carbocycles.